The van der Waals surface area contributed by atoms with Crippen molar-refractivity contribution in [1.82, 2.24) is 4.57 Å². The van der Waals surface area contributed by atoms with Gasteiger partial charge in [-0.05, 0) is 30.7 Å². The molecule has 0 unspecified atom stereocenters. The van der Waals surface area contributed by atoms with Crippen LogP contribution in [0.25, 0.3) is 0 Å². The number of Topliss-reactive ketones (excluding diaryl/α,β-unsaturated/α-hetero) is 1. The van der Waals surface area contributed by atoms with Crippen molar-refractivity contribution in [3.8, 4) is 6.07 Å². The number of alkyl halides is 1. The molecule has 152 valence electrons. The summed E-state index contributed by atoms with van der Waals surface area (Å²) in [6.45, 7) is 2.69. The number of ketones is 1. The molecule has 0 aliphatic heterocycles. The lowest BCUT2D eigenvalue weighted by molar-refractivity contribution is 0.102. The van der Waals surface area contributed by atoms with Crippen molar-refractivity contribution < 1.29 is 4.79 Å². The number of nitrogen functional groups attached to an aromatic ring is 1. The molecule has 0 saturated carbocycles. The molecule has 0 saturated heterocycles. The summed E-state index contributed by atoms with van der Waals surface area (Å²) in [7, 11) is 3.43. The molecule has 2 aromatic rings. The van der Waals surface area contributed by atoms with E-state index in [9.17, 15) is 10.1 Å². The second kappa shape index (κ2) is 10.4. The molecule has 1 aromatic carbocycles. The van der Waals surface area contributed by atoms with Crippen molar-refractivity contribution in [2.24, 2.45) is 22.3 Å². The summed E-state index contributed by atoms with van der Waals surface area (Å²) in [6.07, 6.45) is 1.92. The minimum Gasteiger partial charge on any atom is -0.385 e. The first-order valence-electron chi connectivity index (χ1n) is 9.20. The Morgan fingerprint density at radius 1 is 1.31 bits per heavy atom. The first-order chi connectivity index (χ1) is 14.0. The lowest BCUT2D eigenvalue weighted by atomic mass is 10.1. The van der Waals surface area contributed by atoms with E-state index in [1.807, 2.05) is 0 Å². The molecule has 0 atom stereocenters. The molecule has 0 fully saturated rings. The highest BCUT2D eigenvalue weighted by molar-refractivity contribution is 6.30. The van der Waals surface area contributed by atoms with Crippen LogP contribution in [0.3, 0.4) is 0 Å². The molecule has 0 aliphatic rings. The number of azo groups is 1. The fourth-order valence-electron chi connectivity index (χ4n) is 2.68. The zero-order valence-electron chi connectivity index (χ0n) is 16.7. The summed E-state index contributed by atoms with van der Waals surface area (Å²) in [5.41, 5.74) is 9.00. The molecule has 8 nitrogen and oxygen atoms in total. The van der Waals surface area contributed by atoms with Gasteiger partial charge in [0.1, 0.15) is 22.9 Å². The molecule has 29 heavy (non-hydrogen) atoms. The molecular formula is C20H24ClN7O. The zero-order valence-corrected chi connectivity index (χ0v) is 17.5. The van der Waals surface area contributed by atoms with Crippen LogP contribution in [-0.4, -0.2) is 29.8 Å². The van der Waals surface area contributed by atoms with Gasteiger partial charge in [0.15, 0.2) is 11.5 Å². The number of hydrogen-bond acceptors (Lipinski definition) is 7. The molecule has 0 aliphatic carbocycles. The normalized spacial score (nSPS) is 11.6. The molecule has 0 spiro atoms. The van der Waals surface area contributed by atoms with Gasteiger partial charge in [-0.15, -0.1) is 16.7 Å². The van der Waals surface area contributed by atoms with E-state index >= 15 is 0 Å². The highest BCUT2D eigenvalue weighted by Gasteiger charge is 2.17. The second-order valence-electron chi connectivity index (χ2n) is 6.27. The summed E-state index contributed by atoms with van der Waals surface area (Å²) in [5, 5.41) is 21.2. The minimum absolute atomic E-state index is 0.0774. The summed E-state index contributed by atoms with van der Waals surface area (Å²) < 4.78 is 1.64. The SMILES string of the molecule is CCCCN=c1c(C#N)c(NC)c(N=Nc2ccc(C(=O)CCl)cc2)c(N)n1C. The van der Waals surface area contributed by atoms with Crippen LogP contribution in [0.2, 0.25) is 0 Å². The van der Waals surface area contributed by atoms with Crippen molar-refractivity contribution in [3.63, 3.8) is 0 Å². The average Bonchev–Trinajstić information content (AvgIpc) is 2.75. The van der Waals surface area contributed by atoms with Gasteiger partial charge >= 0.3 is 0 Å². The fourth-order valence-corrected chi connectivity index (χ4v) is 2.83. The largest absolute Gasteiger partial charge is 0.385 e. The van der Waals surface area contributed by atoms with Gasteiger partial charge in [0.2, 0.25) is 0 Å². The van der Waals surface area contributed by atoms with E-state index in [-0.39, 0.29) is 11.7 Å². The Bertz CT molecular complexity index is 1020. The van der Waals surface area contributed by atoms with Crippen LogP contribution in [0.15, 0.2) is 39.5 Å². The summed E-state index contributed by atoms with van der Waals surface area (Å²) in [5.74, 6) is 0.0951. The van der Waals surface area contributed by atoms with Crippen LogP contribution in [0, 0.1) is 11.3 Å². The molecular weight excluding hydrogens is 390 g/mol. The number of carbonyl (C=O) groups is 1. The smallest absolute Gasteiger partial charge is 0.177 e. The highest BCUT2D eigenvalue weighted by atomic mass is 35.5. The van der Waals surface area contributed by atoms with E-state index in [4.69, 9.17) is 17.3 Å². The maximum absolute atomic E-state index is 11.6. The average molecular weight is 414 g/mol. The number of anilines is 2. The number of aromatic nitrogens is 1. The Balaban J connectivity index is 2.51. The van der Waals surface area contributed by atoms with E-state index < -0.39 is 0 Å². The molecule has 0 amide bonds. The van der Waals surface area contributed by atoms with Gasteiger partial charge in [0.05, 0.1) is 17.3 Å². The molecule has 2 rings (SSSR count). The molecule has 0 radical (unpaired) electrons. The molecule has 9 heteroatoms. The maximum atomic E-state index is 11.6. The summed E-state index contributed by atoms with van der Waals surface area (Å²) >= 11 is 5.57. The number of nitrogens with one attached hydrogen (secondary N) is 1. The van der Waals surface area contributed by atoms with Gasteiger partial charge < -0.3 is 15.6 Å². The first kappa shape index (κ1) is 22.1. The molecule has 0 bridgehead atoms. The number of benzene rings is 1. The van der Waals surface area contributed by atoms with Crippen molar-refractivity contribution >= 4 is 40.3 Å². The zero-order chi connectivity index (χ0) is 21.4. The second-order valence-corrected chi connectivity index (χ2v) is 6.53. The fraction of sp³-hybridized carbons (Fsp3) is 0.350. The Hall–Kier alpha value is -3.18. The van der Waals surface area contributed by atoms with Crippen LogP contribution in [-0.2, 0) is 7.05 Å². The lowest BCUT2D eigenvalue weighted by Crippen LogP contribution is -2.26. The van der Waals surface area contributed by atoms with Crippen LogP contribution in [0.5, 0.6) is 0 Å². The van der Waals surface area contributed by atoms with Gasteiger partial charge in [0.25, 0.3) is 0 Å². The van der Waals surface area contributed by atoms with E-state index in [1.54, 1.807) is 42.9 Å². The third-order valence-corrected chi connectivity index (χ3v) is 4.59. The van der Waals surface area contributed by atoms with Crippen molar-refractivity contribution in [2.75, 3.05) is 30.5 Å². The van der Waals surface area contributed by atoms with Crippen molar-refractivity contribution in [3.05, 3.63) is 40.9 Å². The topological polar surface area (TPSA) is 121 Å². The Kier molecular flexibility index (Phi) is 7.92. The quantitative estimate of drug-likeness (QED) is 0.293. The monoisotopic (exact) mass is 413 g/mol. The lowest BCUT2D eigenvalue weighted by Gasteiger charge is -2.14. The number of nitrogens with two attached hydrogens (primary N) is 1. The van der Waals surface area contributed by atoms with E-state index in [0.717, 1.165) is 12.8 Å². The predicted molar refractivity (Wildman–Crippen MR) is 115 cm³/mol. The summed E-state index contributed by atoms with van der Waals surface area (Å²) in [4.78, 5) is 16.1. The van der Waals surface area contributed by atoms with Crippen LogP contribution < -0.4 is 16.5 Å². The van der Waals surface area contributed by atoms with Gasteiger partial charge in [-0.2, -0.15) is 10.4 Å². The van der Waals surface area contributed by atoms with E-state index in [0.29, 0.717) is 46.0 Å². The van der Waals surface area contributed by atoms with E-state index in [1.165, 1.54) is 0 Å². The number of unbranched alkanes of at least 4 members (excludes halogenated alkanes) is 1. The van der Waals surface area contributed by atoms with Crippen LogP contribution >= 0.6 is 11.6 Å². The molecule has 1 aromatic heterocycles. The molecule has 1 heterocycles. The first-order valence-corrected chi connectivity index (χ1v) is 9.73. The standard InChI is InChI=1S/C20H24ClN7O/c1-4-5-10-25-20-15(12-22)17(24-2)18(19(23)28(20)3)27-26-14-8-6-13(7-9-14)16(29)11-21/h6-9,24H,4-5,10-11,23H2,1-3H3. The predicted octanol–water partition coefficient (Wildman–Crippen LogP) is 4.06. The van der Waals surface area contributed by atoms with Gasteiger partial charge in [-0.25, -0.2) is 0 Å². The number of pyridine rings is 1. The third-order valence-electron chi connectivity index (χ3n) is 4.34. The maximum Gasteiger partial charge on any atom is 0.177 e. The van der Waals surface area contributed by atoms with Crippen molar-refractivity contribution in [1.29, 1.82) is 5.26 Å². The number of halogens is 1. The van der Waals surface area contributed by atoms with Crippen molar-refractivity contribution in [2.45, 2.75) is 19.8 Å². The number of nitriles is 1. The number of carbonyl (C=O) groups excluding carboxylic acids is 1. The van der Waals surface area contributed by atoms with Crippen LogP contribution in [0.1, 0.15) is 35.7 Å². The third kappa shape index (κ3) is 5.00. The Morgan fingerprint density at radius 3 is 2.55 bits per heavy atom. The molecule has 3 N–H and O–H groups in total. The number of rotatable bonds is 8. The highest BCUT2D eigenvalue weighted by Crippen LogP contribution is 2.33. The Labute approximate surface area is 174 Å². The van der Waals surface area contributed by atoms with E-state index in [2.05, 4.69) is 33.5 Å². The Morgan fingerprint density at radius 2 is 2.00 bits per heavy atom. The van der Waals surface area contributed by atoms with Gasteiger partial charge in [-0.1, -0.05) is 13.3 Å². The van der Waals surface area contributed by atoms with Gasteiger partial charge in [-0.3, -0.25) is 9.79 Å². The minimum atomic E-state index is -0.162. The van der Waals surface area contributed by atoms with Gasteiger partial charge in [0, 0.05) is 26.2 Å². The van der Waals surface area contributed by atoms with Crippen LogP contribution in [0.4, 0.5) is 22.9 Å². The summed E-state index contributed by atoms with van der Waals surface area (Å²) in [6, 6.07) is 8.79. The number of hydrogen-bond donors (Lipinski definition) is 2. The number of nitrogens with zero attached hydrogens (tertiary/aromatic N) is 5.